The van der Waals surface area contributed by atoms with E-state index in [1.165, 1.54) is 5.56 Å². The third-order valence-corrected chi connectivity index (χ3v) is 3.14. The average Bonchev–Trinajstić information content (AvgIpc) is 2.69. The molecule has 0 saturated heterocycles. The number of hydrogen-bond donors (Lipinski definition) is 1. The molecule has 1 aromatic carbocycles. The van der Waals surface area contributed by atoms with Gasteiger partial charge in [-0.3, -0.25) is 4.57 Å². The third kappa shape index (κ3) is 2.74. The van der Waals surface area contributed by atoms with Crippen LogP contribution in [0.4, 0.5) is 5.95 Å². The second-order valence-electron chi connectivity index (χ2n) is 4.04. The summed E-state index contributed by atoms with van der Waals surface area (Å²) in [6, 6.07) is 10.4. The molecule has 0 spiro atoms. The fourth-order valence-electron chi connectivity index (χ4n) is 1.72. The van der Waals surface area contributed by atoms with Crippen LogP contribution in [0.25, 0.3) is 0 Å². The fourth-order valence-corrected chi connectivity index (χ4v) is 1.85. The Morgan fingerprint density at radius 3 is 2.65 bits per heavy atom. The Labute approximate surface area is 106 Å². The molecule has 0 aliphatic rings. The van der Waals surface area contributed by atoms with E-state index in [1.807, 2.05) is 24.7 Å². The van der Waals surface area contributed by atoms with E-state index in [2.05, 4.69) is 39.4 Å². The summed E-state index contributed by atoms with van der Waals surface area (Å²) in [5, 5.41) is 6.99. The van der Waals surface area contributed by atoms with E-state index in [1.54, 1.807) is 0 Å². The van der Waals surface area contributed by atoms with Crippen LogP contribution >= 0.6 is 12.2 Å². The van der Waals surface area contributed by atoms with Crippen molar-refractivity contribution in [1.29, 1.82) is 0 Å². The highest BCUT2D eigenvalue weighted by molar-refractivity contribution is 7.71. The zero-order chi connectivity index (χ0) is 12.3. The molecule has 0 atom stereocenters. The molecule has 17 heavy (non-hydrogen) atoms. The van der Waals surface area contributed by atoms with E-state index in [4.69, 9.17) is 12.2 Å². The van der Waals surface area contributed by atoms with Gasteiger partial charge in [-0.15, -0.1) is 5.10 Å². The number of rotatable bonds is 4. The molecule has 0 bridgehead atoms. The van der Waals surface area contributed by atoms with Crippen molar-refractivity contribution in [2.24, 2.45) is 7.05 Å². The number of likely N-dealkylation sites (N-methyl/N-ethyl adjacent to an activating group) is 1. The predicted molar refractivity (Wildman–Crippen MR) is 71.8 cm³/mol. The van der Waals surface area contributed by atoms with Gasteiger partial charge in [0.05, 0.1) is 0 Å². The molecule has 1 heterocycles. The molecule has 0 saturated carbocycles. The van der Waals surface area contributed by atoms with E-state index in [0.29, 0.717) is 4.77 Å². The second-order valence-corrected chi connectivity index (χ2v) is 4.43. The summed E-state index contributed by atoms with van der Waals surface area (Å²) in [6.07, 6.45) is 0.997. The maximum atomic E-state index is 5.09. The number of nitrogens with one attached hydrogen (secondary N) is 1. The number of aromatic amines is 1. The first-order chi connectivity index (χ1) is 8.18. The molecule has 1 N–H and O–H groups in total. The molecule has 5 heteroatoms. The molecule has 90 valence electrons. The molecule has 0 radical (unpaired) electrons. The number of nitrogens with zero attached hydrogens (tertiary/aromatic N) is 3. The molecule has 2 aromatic rings. The largest absolute Gasteiger partial charge is 0.344 e. The monoisotopic (exact) mass is 248 g/mol. The van der Waals surface area contributed by atoms with E-state index >= 15 is 0 Å². The highest BCUT2D eigenvalue weighted by Crippen LogP contribution is 2.08. The minimum Gasteiger partial charge on any atom is -0.344 e. The Hall–Kier alpha value is -1.62. The summed E-state index contributed by atoms with van der Waals surface area (Å²) in [6.45, 7) is 0.914. The normalized spacial score (nSPS) is 10.5. The van der Waals surface area contributed by atoms with Gasteiger partial charge in [0.25, 0.3) is 0 Å². The zero-order valence-corrected chi connectivity index (χ0v) is 10.9. The Bertz CT molecular complexity index is 529. The Kier molecular flexibility index (Phi) is 3.58. The maximum Gasteiger partial charge on any atom is 0.225 e. The van der Waals surface area contributed by atoms with Crippen molar-refractivity contribution in [2.45, 2.75) is 6.42 Å². The van der Waals surface area contributed by atoms with Gasteiger partial charge < -0.3 is 4.90 Å². The van der Waals surface area contributed by atoms with E-state index in [0.717, 1.165) is 18.9 Å². The van der Waals surface area contributed by atoms with Crippen molar-refractivity contribution < 1.29 is 0 Å². The van der Waals surface area contributed by atoms with Crippen molar-refractivity contribution in [3.05, 3.63) is 40.7 Å². The van der Waals surface area contributed by atoms with Gasteiger partial charge in [0.1, 0.15) is 0 Å². The number of hydrogen-bond acceptors (Lipinski definition) is 3. The molecule has 0 unspecified atom stereocenters. The van der Waals surface area contributed by atoms with Crippen LogP contribution < -0.4 is 4.90 Å². The first-order valence-corrected chi connectivity index (χ1v) is 5.96. The quantitative estimate of drug-likeness (QED) is 0.842. The van der Waals surface area contributed by atoms with E-state index < -0.39 is 0 Å². The summed E-state index contributed by atoms with van der Waals surface area (Å²) >= 11 is 5.09. The van der Waals surface area contributed by atoms with Crippen molar-refractivity contribution in [3.8, 4) is 0 Å². The Balaban J connectivity index is 2.01. The fraction of sp³-hybridized carbons (Fsp3) is 0.333. The summed E-state index contributed by atoms with van der Waals surface area (Å²) in [5.41, 5.74) is 1.33. The third-order valence-electron chi connectivity index (χ3n) is 2.78. The topological polar surface area (TPSA) is 36.9 Å². The molecule has 1 aromatic heterocycles. The summed E-state index contributed by atoms with van der Waals surface area (Å²) in [7, 11) is 3.94. The molecule has 4 nitrogen and oxygen atoms in total. The van der Waals surface area contributed by atoms with Crippen LogP contribution in [0.3, 0.4) is 0 Å². The summed E-state index contributed by atoms with van der Waals surface area (Å²) in [5.74, 6) is 0.867. The molecule has 0 amide bonds. The Morgan fingerprint density at radius 1 is 1.35 bits per heavy atom. The van der Waals surface area contributed by atoms with Gasteiger partial charge in [-0.2, -0.15) is 0 Å². The van der Waals surface area contributed by atoms with Crippen LogP contribution in [-0.2, 0) is 13.5 Å². The first-order valence-electron chi connectivity index (χ1n) is 5.55. The van der Waals surface area contributed by atoms with Crippen molar-refractivity contribution >= 4 is 18.2 Å². The highest BCUT2D eigenvalue weighted by Gasteiger charge is 2.07. The standard InChI is InChI=1S/C12H16N4S/c1-15(11-13-14-12(17)16(11)2)9-8-10-6-4-3-5-7-10/h3-7H,8-9H2,1-2H3,(H,14,17). The predicted octanol–water partition coefficient (Wildman–Crippen LogP) is 2.16. The van der Waals surface area contributed by atoms with E-state index in [9.17, 15) is 0 Å². The van der Waals surface area contributed by atoms with Gasteiger partial charge in [-0.1, -0.05) is 30.3 Å². The SMILES string of the molecule is CN(CCc1ccccc1)c1n[nH]c(=S)n1C. The first kappa shape index (κ1) is 11.9. The van der Waals surface area contributed by atoms with Crippen LogP contribution in [0.1, 0.15) is 5.56 Å². The van der Waals surface area contributed by atoms with Gasteiger partial charge >= 0.3 is 0 Å². The van der Waals surface area contributed by atoms with Gasteiger partial charge in [0, 0.05) is 20.6 Å². The van der Waals surface area contributed by atoms with Crippen molar-refractivity contribution in [3.63, 3.8) is 0 Å². The number of aromatic nitrogens is 3. The molecular weight excluding hydrogens is 232 g/mol. The lowest BCUT2D eigenvalue weighted by Gasteiger charge is -2.17. The maximum absolute atomic E-state index is 5.09. The highest BCUT2D eigenvalue weighted by atomic mass is 32.1. The van der Waals surface area contributed by atoms with Crippen LogP contribution in [0.5, 0.6) is 0 Å². The minimum atomic E-state index is 0.645. The van der Waals surface area contributed by atoms with Gasteiger partial charge in [-0.25, -0.2) is 5.10 Å². The molecule has 0 aliphatic carbocycles. The Morgan fingerprint density at radius 2 is 2.06 bits per heavy atom. The van der Waals surface area contributed by atoms with Crippen LogP contribution in [-0.4, -0.2) is 28.4 Å². The smallest absolute Gasteiger partial charge is 0.225 e. The average molecular weight is 248 g/mol. The number of anilines is 1. The van der Waals surface area contributed by atoms with Gasteiger partial charge in [0.2, 0.25) is 5.95 Å². The van der Waals surface area contributed by atoms with Crippen molar-refractivity contribution in [2.75, 3.05) is 18.5 Å². The molecule has 0 fully saturated rings. The number of benzene rings is 1. The van der Waals surface area contributed by atoms with Gasteiger partial charge in [-0.05, 0) is 24.2 Å². The number of H-pyrrole nitrogens is 1. The molecular formula is C12H16N4S. The van der Waals surface area contributed by atoms with Crippen LogP contribution in [0.15, 0.2) is 30.3 Å². The molecule has 2 rings (SSSR count). The molecule has 0 aliphatic heterocycles. The lowest BCUT2D eigenvalue weighted by molar-refractivity contribution is 0.788. The van der Waals surface area contributed by atoms with Crippen LogP contribution in [0, 0.1) is 4.77 Å². The summed E-state index contributed by atoms with van der Waals surface area (Å²) < 4.78 is 2.52. The lowest BCUT2D eigenvalue weighted by Crippen LogP contribution is -2.23. The second kappa shape index (κ2) is 5.14. The lowest BCUT2D eigenvalue weighted by atomic mass is 10.1. The van der Waals surface area contributed by atoms with Gasteiger partial charge in [0.15, 0.2) is 4.77 Å². The minimum absolute atomic E-state index is 0.645. The van der Waals surface area contributed by atoms with E-state index in [-0.39, 0.29) is 0 Å². The van der Waals surface area contributed by atoms with Crippen molar-refractivity contribution in [1.82, 2.24) is 14.8 Å². The zero-order valence-electron chi connectivity index (χ0n) is 10.1. The summed E-state index contributed by atoms with van der Waals surface area (Å²) in [4.78, 5) is 2.10. The van der Waals surface area contributed by atoms with Crippen LogP contribution in [0.2, 0.25) is 0 Å².